The summed E-state index contributed by atoms with van der Waals surface area (Å²) in [6.07, 6.45) is 3.85. The first-order chi connectivity index (χ1) is 16.8. The number of ether oxygens (including phenoxy) is 2. The molecule has 0 bridgehead atoms. The Hall–Kier alpha value is -2.03. The number of fused-ring (bicyclic) bond motifs is 5. The van der Waals surface area contributed by atoms with Crippen molar-refractivity contribution in [1.29, 1.82) is 0 Å². The Labute approximate surface area is 212 Å². The Morgan fingerprint density at radius 3 is 2.28 bits per heavy atom. The van der Waals surface area contributed by atoms with E-state index >= 15 is 0 Å². The monoisotopic (exact) mass is 504 g/mol. The van der Waals surface area contributed by atoms with Crippen LogP contribution in [0.5, 0.6) is 0 Å². The van der Waals surface area contributed by atoms with Gasteiger partial charge in [0.15, 0.2) is 11.4 Å². The Morgan fingerprint density at radius 1 is 1.08 bits per heavy atom. The summed E-state index contributed by atoms with van der Waals surface area (Å²) in [5, 5.41) is 34.5. The number of ketones is 1. The van der Waals surface area contributed by atoms with Gasteiger partial charge in [0, 0.05) is 48.3 Å². The summed E-state index contributed by atoms with van der Waals surface area (Å²) < 4.78 is 12.2. The molecular weight excluding hydrogens is 464 g/mol. The lowest BCUT2D eigenvalue weighted by atomic mass is 9.59. The quantitative estimate of drug-likeness (QED) is 0.356. The van der Waals surface area contributed by atoms with E-state index < -0.39 is 69.7 Å². The summed E-state index contributed by atoms with van der Waals surface area (Å²) in [5.41, 5.74) is -4.69. The number of rotatable bonds is 7. The van der Waals surface area contributed by atoms with Gasteiger partial charge < -0.3 is 24.8 Å². The van der Waals surface area contributed by atoms with Crippen LogP contribution in [0.15, 0.2) is 23.3 Å². The highest BCUT2D eigenvalue weighted by Crippen LogP contribution is 2.77. The number of hydrogen-bond donors (Lipinski definition) is 3. The number of hydrogen-bond acceptors (Lipinski definition) is 8. The van der Waals surface area contributed by atoms with E-state index in [-0.39, 0.29) is 25.9 Å². The fourth-order valence-corrected chi connectivity index (χ4v) is 7.67. The van der Waals surface area contributed by atoms with Crippen molar-refractivity contribution >= 4 is 17.7 Å². The van der Waals surface area contributed by atoms with Crippen molar-refractivity contribution in [3.8, 4) is 0 Å². The zero-order valence-electron chi connectivity index (χ0n) is 22.2. The molecule has 0 aromatic carbocycles. The number of aliphatic hydroxyl groups excluding tert-OH is 1. The smallest absolute Gasteiger partial charge is 0.306 e. The van der Waals surface area contributed by atoms with Crippen LogP contribution in [0.2, 0.25) is 0 Å². The van der Waals surface area contributed by atoms with Gasteiger partial charge in [0.25, 0.3) is 0 Å². The standard InChI is InChI=1S/C28H40O8/c1-7-9-20(30)35-24-16(4)27(34)18(22-25(5,6)28(22,24)36-21(31)10-8-2)12-17(14-29)13-26(33)19(27)11-15(3)23(26)32/h11-12,16,18-19,22,24,29,33-34H,7-10,13-14H2,1-6H3/t16-,18-,19+,22+,24+,26+,27+,28-/m0/s1. The molecule has 4 aliphatic rings. The molecule has 0 aliphatic heterocycles. The van der Waals surface area contributed by atoms with Crippen molar-refractivity contribution in [2.45, 2.75) is 96.6 Å². The molecule has 8 atom stereocenters. The summed E-state index contributed by atoms with van der Waals surface area (Å²) >= 11 is 0. The van der Waals surface area contributed by atoms with E-state index in [1.54, 1.807) is 26.0 Å². The first-order valence-electron chi connectivity index (χ1n) is 13.2. The van der Waals surface area contributed by atoms with E-state index in [1.165, 1.54) is 0 Å². The SMILES string of the molecule is CCCC(=O)O[C@@H]1[C@H](C)[C@@]2(O)[C@@H](C=C(CO)C[C@]3(O)C(=O)C(C)=C[C@@H]23)[C@@H]2C(C)(C)[C@@]12OC(=O)CCC. The van der Waals surface area contributed by atoms with Crippen LogP contribution in [0.3, 0.4) is 0 Å². The van der Waals surface area contributed by atoms with Gasteiger partial charge in [-0.1, -0.05) is 46.8 Å². The van der Waals surface area contributed by atoms with E-state index in [0.29, 0.717) is 24.0 Å². The number of Topliss-reactive ketones (excluding diaryl/α,β-unsaturated/α-hetero) is 1. The fraction of sp³-hybridized carbons (Fsp3) is 0.750. The first-order valence-corrected chi connectivity index (χ1v) is 13.2. The van der Waals surface area contributed by atoms with Crippen molar-refractivity contribution < 1.29 is 39.2 Å². The molecule has 0 heterocycles. The molecule has 2 fully saturated rings. The number of esters is 2. The molecule has 0 aromatic heterocycles. The molecule has 4 rings (SSSR count). The molecule has 36 heavy (non-hydrogen) atoms. The first kappa shape index (κ1) is 27.0. The van der Waals surface area contributed by atoms with Gasteiger partial charge in [0.05, 0.1) is 12.2 Å². The minimum Gasteiger partial charge on any atom is -0.458 e. The van der Waals surface area contributed by atoms with Crippen molar-refractivity contribution in [2.75, 3.05) is 6.61 Å². The predicted octanol–water partition coefficient (Wildman–Crippen LogP) is 2.63. The predicted molar refractivity (Wildman–Crippen MR) is 130 cm³/mol. The Kier molecular flexibility index (Phi) is 6.59. The van der Waals surface area contributed by atoms with E-state index in [1.807, 2.05) is 27.7 Å². The zero-order valence-corrected chi connectivity index (χ0v) is 22.2. The normalized spacial score (nSPS) is 42.2. The lowest BCUT2D eigenvalue weighted by molar-refractivity contribution is -0.229. The van der Waals surface area contributed by atoms with Gasteiger partial charge in [-0.25, -0.2) is 0 Å². The highest BCUT2D eigenvalue weighted by molar-refractivity contribution is 6.04. The van der Waals surface area contributed by atoms with Crippen molar-refractivity contribution in [1.82, 2.24) is 0 Å². The lowest BCUT2D eigenvalue weighted by Gasteiger charge is -2.53. The van der Waals surface area contributed by atoms with E-state index in [2.05, 4.69) is 0 Å². The van der Waals surface area contributed by atoms with E-state index in [0.717, 1.165) is 0 Å². The maximum Gasteiger partial charge on any atom is 0.306 e. The van der Waals surface area contributed by atoms with Crippen molar-refractivity contribution in [3.63, 3.8) is 0 Å². The molecule has 0 spiro atoms. The number of carbonyl (C=O) groups excluding carboxylic acids is 3. The summed E-state index contributed by atoms with van der Waals surface area (Å²) in [4.78, 5) is 38.8. The highest BCUT2D eigenvalue weighted by Gasteiger charge is 2.87. The summed E-state index contributed by atoms with van der Waals surface area (Å²) in [6, 6.07) is 0. The molecular formula is C28H40O8. The molecule has 8 nitrogen and oxygen atoms in total. The fourth-order valence-electron chi connectivity index (χ4n) is 7.67. The minimum absolute atomic E-state index is 0.109. The summed E-state index contributed by atoms with van der Waals surface area (Å²) in [5.74, 6) is -4.22. The average molecular weight is 505 g/mol. The van der Waals surface area contributed by atoms with Crippen LogP contribution in [0.4, 0.5) is 0 Å². The van der Waals surface area contributed by atoms with Gasteiger partial charge >= 0.3 is 11.9 Å². The molecule has 0 aromatic rings. The topological polar surface area (TPSA) is 130 Å². The van der Waals surface area contributed by atoms with Crippen molar-refractivity contribution in [2.24, 2.45) is 29.1 Å². The maximum atomic E-state index is 13.2. The van der Waals surface area contributed by atoms with E-state index in [4.69, 9.17) is 9.47 Å². The zero-order chi connectivity index (χ0) is 26.8. The van der Waals surface area contributed by atoms with Gasteiger partial charge in [0.2, 0.25) is 0 Å². The maximum absolute atomic E-state index is 13.2. The van der Waals surface area contributed by atoms with Crippen LogP contribution in [-0.4, -0.2) is 62.6 Å². The van der Waals surface area contributed by atoms with Crippen LogP contribution >= 0.6 is 0 Å². The largest absolute Gasteiger partial charge is 0.458 e. The van der Waals surface area contributed by atoms with Gasteiger partial charge in [-0.3, -0.25) is 14.4 Å². The third-order valence-corrected chi connectivity index (χ3v) is 9.41. The molecule has 3 N–H and O–H groups in total. The van der Waals surface area contributed by atoms with Crippen LogP contribution < -0.4 is 0 Å². The van der Waals surface area contributed by atoms with Crippen LogP contribution in [0, 0.1) is 29.1 Å². The van der Waals surface area contributed by atoms with E-state index in [9.17, 15) is 29.7 Å². The highest BCUT2D eigenvalue weighted by atomic mass is 16.6. The van der Waals surface area contributed by atoms with Gasteiger partial charge in [-0.15, -0.1) is 0 Å². The average Bonchev–Trinajstić information content (AvgIpc) is 3.23. The summed E-state index contributed by atoms with van der Waals surface area (Å²) in [7, 11) is 0. The molecule has 0 amide bonds. The van der Waals surface area contributed by atoms with Crippen LogP contribution in [0.1, 0.15) is 73.6 Å². The molecule has 4 aliphatic carbocycles. The summed E-state index contributed by atoms with van der Waals surface area (Å²) in [6.45, 7) is 10.6. The van der Waals surface area contributed by atoms with Crippen molar-refractivity contribution in [3.05, 3.63) is 23.3 Å². The second-order valence-electron chi connectivity index (χ2n) is 11.8. The minimum atomic E-state index is -1.92. The Morgan fingerprint density at radius 2 is 1.69 bits per heavy atom. The van der Waals surface area contributed by atoms with Crippen LogP contribution in [0.25, 0.3) is 0 Å². The second-order valence-corrected chi connectivity index (χ2v) is 11.8. The molecule has 200 valence electrons. The van der Waals surface area contributed by atoms with Gasteiger partial charge in [0.1, 0.15) is 11.7 Å². The van der Waals surface area contributed by atoms with Gasteiger partial charge in [-0.2, -0.15) is 0 Å². The molecule has 2 saturated carbocycles. The molecule has 0 unspecified atom stereocenters. The number of carbonyl (C=O) groups is 3. The van der Waals surface area contributed by atoms with Gasteiger partial charge in [-0.05, 0) is 30.9 Å². The third kappa shape index (κ3) is 3.40. The second kappa shape index (κ2) is 8.77. The molecule has 8 heteroatoms. The Bertz CT molecular complexity index is 1030. The molecule has 0 saturated heterocycles. The van der Waals surface area contributed by atoms with Crippen LogP contribution in [-0.2, 0) is 23.9 Å². The number of aliphatic hydroxyl groups is 3. The Balaban J connectivity index is 1.92. The molecule has 0 radical (unpaired) electrons. The third-order valence-electron chi connectivity index (χ3n) is 9.41. The lowest BCUT2D eigenvalue weighted by Crippen LogP contribution is -2.66.